The first kappa shape index (κ1) is 16.1. The van der Waals surface area contributed by atoms with E-state index in [1.165, 1.54) is 3.57 Å². The quantitative estimate of drug-likeness (QED) is 0.379. The van der Waals surface area contributed by atoms with Crippen LogP contribution in [0.15, 0.2) is 46.9 Å². The second-order valence-electron chi connectivity index (χ2n) is 4.46. The van der Waals surface area contributed by atoms with Crippen molar-refractivity contribution < 1.29 is 4.74 Å². The predicted molar refractivity (Wildman–Crippen MR) is 96.8 cm³/mol. The molecule has 0 aliphatic rings. The molecule has 0 amide bonds. The van der Waals surface area contributed by atoms with Gasteiger partial charge in [0.05, 0.1) is 16.5 Å². The Morgan fingerprint density at radius 2 is 1.95 bits per heavy atom. The molecule has 1 nitrogen and oxygen atoms in total. The molecule has 0 aromatic heterocycles. The van der Waals surface area contributed by atoms with Crippen LogP contribution in [0.4, 0.5) is 0 Å². The van der Waals surface area contributed by atoms with Gasteiger partial charge in [0.25, 0.3) is 0 Å². The molecule has 2 aromatic carbocycles. The highest BCUT2D eigenvalue weighted by Crippen LogP contribution is 2.34. The van der Waals surface area contributed by atoms with Crippen molar-refractivity contribution in [2.45, 2.75) is 18.7 Å². The number of benzene rings is 2. The molecular weight excluding hydrogens is 450 g/mol. The van der Waals surface area contributed by atoms with Crippen molar-refractivity contribution in [3.63, 3.8) is 0 Å². The minimum absolute atomic E-state index is 0.152. The Morgan fingerprint density at radius 3 is 2.60 bits per heavy atom. The van der Waals surface area contributed by atoms with Gasteiger partial charge in [-0.25, -0.2) is 0 Å². The molecule has 0 heterocycles. The van der Waals surface area contributed by atoms with E-state index in [1.54, 1.807) is 0 Å². The number of ether oxygens (including phenoxy) is 1. The molecule has 2 rings (SSSR count). The van der Waals surface area contributed by atoms with Gasteiger partial charge in [-0.05, 0) is 80.3 Å². The number of rotatable bonds is 5. The molecule has 0 N–H and O–H groups in total. The highest BCUT2D eigenvalue weighted by molar-refractivity contribution is 14.1. The summed E-state index contributed by atoms with van der Waals surface area (Å²) in [4.78, 5) is 0. The molecule has 0 radical (unpaired) electrons. The molecule has 0 saturated heterocycles. The molecule has 1 unspecified atom stereocenters. The van der Waals surface area contributed by atoms with Gasteiger partial charge in [0.1, 0.15) is 5.75 Å². The van der Waals surface area contributed by atoms with Crippen LogP contribution >= 0.6 is 50.1 Å². The Labute approximate surface area is 146 Å². The number of hydrogen-bond acceptors (Lipinski definition) is 1. The summed E-state index contributed by atoms with van der Waals surface area (Å²) in [6.07, 6.45) is 0.995. The Bertz CT molecular complexity index is 588. The lowest BCUT2D eigenvalue weighted by Crippen LogP contribution is -1.98. The average molecular weight is 466 g/mol. The summed E-state index contributed by atoms with van der Waals surface area (Å²) in [5.74, 6) is 0.863. The van der Waals surface area contributed by atoms with Crippen molar-refractivity contribution in [3.05, 3.63) is 61.6 Å². The summed E-state index contributed by atoms with van der Waals surface area (Å²) in [6.45, 7) is 2.81. The fourth-order valence-corrected chi connectivity index (χ4v) is 3.21. The van der Waals surface area contributed by atoms with Crippen molar-refractivity contribution in [3.8, 4) is 5.75 Å². The van der Waals surface area contributed by atoms with Gasteiger partial charge in [-0.15, -0.1) is 11.6 Å². The normalized spacial score (nSPS) is 12.2. The Kier molecular flexibility index (Phi) is 6.18. The van der Waals surface area contributed by atoms with Crippen LogP contribution in [0.25, 0.3) is 0 Å². The van der Waals surface area contributed by atoms with Crippen LogP contribution < -0.4 is 4.74 Å². The Balaban J connectivity index is 2.22. The molecule has 1 atom stereocenters. The highest BCUT2D eigenvalue weighted by atomic mass is 127. The summed E-state index contributed by atoms with van der Waals surface area (Å²) in [5.41, 5.74) is 2.16. The molecule has 20 heavy (non-hydrogen) atoms. The topological polar surface area (TPSA) is 9.23 Å². The van der Waals surface area contributed by atoms with E-state index in [0.717, 1.165) is 34.4 Å². The summed E-state index contributed by atoms with van der Waals surface area (Å²) in [7, 11) is 0. The van der Waals surface area contributed by atoms with Crippen LogP contribution in [-0.2, 0) is 0 Å². The van der Waals surface area contributed by atoms with Gasteiger partial charge in [-0.3, -0.25) is 0 Å². The maximum Gasteiger partial charge on any atom is 0.133 e. The van der Waals surface area contributed by atoms with E-state index in [-0.39, 0.29) is 5.38 Å². The SMILES string of the molecule is CCCOc1ccc(C(Cl)c2cccc(I)c2)cc1Br. The van der Waals surface area contributed by atoms with Crippen molar-refractivity contribution in [2.24, 2.45) is 0 Å². The zero-order chi connectivity index (χ0) is 14.5. The van der Waals surface area contributed by atoms with Crippen LogP contribution in [0, 0.1) is 3.57 Å². The van der Waals surface area contributed by atoms with E-state index < -0.39 is 0 Å². The zero-order valence-corrected chi connectivity index (χ0v) is 15.6. The minimum atomic E-state index is -0.152. The molecule has 0 spiro atoms. The fourth-order valence-electron chi connectivity index (χ4n) is 1.86. The summed E-state index contributed by atoms with van der Waals surface area (Å²) < 4.78 is 7.79. The molecule has 4 heteroatoms. The first-order chi connectivity index (χ1) is 9.61. The number of alkyl halides is 1. The summed E-state index contributed by atoms with van der Waals surface area (Å²) >= 11 is 12.4. The maximum absolute atomic E-state index is 6.57. The van der Waals surface area contributed by atoms with Gasteiger partial charge in [0.15, 0.2) is 0 Å². The lowest BCUT2D eigenvalue weighted by molar-refractivity contribution is 0.315. The van der Waals surface area contributed by atoms with E-state index in [0.29, 0.717) is 0 Å². The van der Waals surface area contributed by atoms with Crippen LogP contribution in [0.3, 0.4) is 0 Å². The lowest BCUT2D eigenvalue weighted by Gasteiger charge is -2.13. The molecule has 0 bridgehead atoms. The van der Waals surface area contributed by atoms with Gasteiger partial charge in [0, 0.05) is 3.57 Å². The molecule has 0 aliphatic carbocycles. The molecule has 2 aromatic rings. The van der Waals surface area contributed by atoms with Crippen molar-refractivity contribution in [1.29, 1.82) is 0 Å². The average Bonchev–Trinajstić information content (AvgIpc) is 2.45. The number of hydrogen-bond donors (Lipinski definition) is 0. The first-order valence-electron chi connectivity index (χ1n) is 6.43. The van der Waals surface area contributed by atoms with Crippen molar-refractivity contribution in [2.75, 3.05) is 6.61 Å². The minimum Gasteiger partial charge on any atom is -0.492 e. The van der Waals surface area contributed by atoms with Gasteiger partial charge in [-0.1, -0.05) is 25.1 Å². The predicted octanol–water partition coefficient (Wildman–Crippen LogP) is 6.17. The van der Waals surface area contributed by atoms with Gasteiger partial charge in [-0.2, -0.15) is 0 Å². The second-order valence-corrected chi connectivity index (χ2v) is 6.99. The molecule has 0 saturated carbocycles. The van der Waals surface area contributed by atoms with Gasteiger partial charge < -0.3 is 4.74 Å². The maximum atomic E-state index is 6.57. The van der Waals surface area contributed by atoms with E-state index >= 15 is 0 Å². The van der Waals surface area contributed by atoms with E-state index in [1.807, 2.05) is 24.3 Å². The lowest BCUT2D eigenvalue weighted by atomic mass is 10.0. The highest BCUT2D eigenvalue weighted by Gasteiger charge is 2.13. The second kappa shape index (κ2) is 7.66. The van der Waals surface area contributed by atoms with E-state index in [2.05, 4.69) is 63.6 Å². The van der Waals surface area contributed by atoms with Crippen LogP contribution in [0.2, 0.25) is 0 Å². The molecule has 106 valence electrons. The Morgan fingerprint density at radius 1 is 1.20 bits per heavy atom. The largest absolute Gasteiger partial charge is 0.492 e. The van der Waals surface area contributed by atoms with Gasteiger partial charge in [0.2, 0.25) is 0 Å². The van der Waals surface area contributed by atoms with Crippen molar-refractivity contribution >= 4 is 50.1 Å². The third kappa shape index (κ3) is 4.12. The fraction of sp³-hybridized carbons (Fsp3) is 0.250. The summed E-state index contributed by atoms with van der Waals surface area (Å²) in [6, 6.07) is 14.3. The first-order valence-corrected chi connectivity index (χ1v) is 8.74. The number of halogens is 3. The van der Waals surface area contributed by atoms with Crippen LogP contribution in [0.1, 0.15) is 29.8 Å². The van der Waals surface area contributed by atoms with E-state index in [4.69, 9.17) is 16.3 Å². The third-order valence-electron chi connectivity index (χ3n) is 2.85. The monoisotopic (exact) mass is 464 g/mol. The van der Waals surface area contributed by atoms with Crippen LogP contribution in [-0.4, -0.2) is 6.61 Å². The molecule has 0 aliphatic heterocycles. The van der Waals surface area contributed by atoms with Crippen molar-refractivity contribution in [1.82, 2.24) is 0 Å². The summed E-state index contributed by atoms with van der Waals surface area (Å²) in [5, 5.41) is -0.152. The van der Waals surface area contributed by atoms with Crippen LogP contribution in [0.5, 0.6) is 5.75 Å². The molecule has 0 fully saturated rings. The smallest absolute Gasteiger partial charge is 0.133 e. The van der Waals surface area contributed by atoms with E-state index in [9.17, 15) is 0 Å². The Hall–Kier alpha value is -0.260. The van der Waals surface area contributed by atoms with Gasteiger partial charge >= 0.3 is 0 Å². The standard InChI is InChI=1S/C16H15BrClIO/c1-2-8-20-15-7-6-12(10-14(15)17)16(18)11-4-3-5-13(19)9-11/h3-7,9-10,16H,2,8H2,1H3. The molecular formula is C16H15BrClIO. The zero-order valence-electron chi connectivity index (χ0n) is 11.1. The third-order valence-corrected chi connectivity index (χ3v) is 4.65.